The first-order valence-corrected chi connectivity index (χ1v) is 18.3. The van der Waals surface area contributed by atoms with Crippen LogP contribution in [0, 0.1) is 11.8 Å². The Balaban J connectivity index is 0.000000281. The van der Waals surface area contributed by atoms with Crippen LogP contribution in [0.15, 0.2) is 59.7 Å². The number of carbonyl (C=O) groups excluding carboxylic acids is 2. The standard InChI is InChI=1S/C22H30O5.C21H28O4/c1-5-6-15-12-18(24)20(21(25)19(15)22(26)27-10-9-23)17-11-14(4)7-8-16(17)13(2)3;1-6-7-14-11-17(22)19(20(23)18(14)21(24)25-5)16-10-13(4)8-9-15(16)12(2)3/h11-12,16-17,23-25H,2,5-10H2,1,3-4H3;10-11,15-16,22-23H,2,6-9H2,1,3-5H3/t16-,17+;15-,16+/m00/s1. The predicted molar refractivity (Wildman–Crippen MR) is 204 cm³/mol. The molecule has 4 atom stereocenters. The average molecular weight is 719 g/mol. The highest BCUT2D eigenvalue weighted by atomic mass is 16.5. The van der Waals surface area contributed by atoms with Crippen molar-refractivity contribution in [2.45, 2.75) is 105 Å². The van der Waals surface area contributed by atoms with Crippen molar-refractivity contribution in [3.63, 3.8) is 0 Å². The SMILES string of the molecule is C=C(C)[C@@H]1CCC(C)=C[C@H]1c1c(O)cc(CCC)c(C(=O)OC)c1O.C=C(C)[C@@H]1CCC(C)=C[C@H]1c1c(O)cc(CCC)c(C(=O)OCCO)c1O. The molecular formula is C43H58O9. The maximum absolute atomic E-state index is 12.5. The molecule has 284 valence electrons. The highest BCUT2D eigenvalue weighted by molar-refractivity contribution is 5.96. The molecule has 0 saturated carbocycles. The monoisotopic (exact) mass is 718 g/mol. The van der Waals surface area contributed by atoms with E-state index in [1.165, 1.54) is 18.3 Å². The Kier molecular flexibility index (Phi) is 15.2. The van der Waals surface area contributed by atoms with Crippen LogP contribution in [0.5, 0.6) is 23.0 Å². The lowest BCUT2D eigenvalue weighted by atomic mass is 9.73. The van der Waals surface area contributed by atoms with E-state index in [0.29, 0.717) is 35.1 Å². The summed E-state index contributed by atoms with van der Waals surface area (Å²) < 4.78 is 9.93. The summed E-state index contributed by atoms with van der Waals surface area (Å²) in [6.07, 6.45) is 10.4. The fourth-order valence-electron chi connectivity index (χ4n) is 7.62. The molecule has 0 aliphatic heterocycles. The second-order valence-electron chi connectivity index (χ2n) is 14.3. The normalized spacial score (nSPS) is 19.8. The zero-order valence-corrected chi connectivity index (χ0v) is 32.0. The molecule has 9 nitrogen and oxygen atoms in total. The summed E-state index contributed by atoms with van der Waals surface area (Å²) in [4.78, 5) is 24.8. The number of phenols is 4. The van der Waals surface area contributed by atoms with Crippen molar-refractivity contribution in [1.82, 2.24) is 0 Å². The molecule has 5 N–H and O–H groups in total. The maximum Gasteiger partial charge on any atom is 0.342 e. The van der Waals surface area contributed by atoms with Gasteiger partial charge in [0.15, 0.2) is 0 Å². The number of ether oxygens (including phenoxy) is 2. The first-order valence-electron chi connectivity index (χ1n) is 18.3. The highest BCUT2D eigenvalue weighted by Gasteiger charge is 2.35. The quantitative estimate of drug-likeness (QED) is 0.107. The van der Waals surface area contributed by atoms with Crippen molar-refractivity contribution in [3.05, 3.63) is 93.1 Å². The lowest BCUT2D eigenvalue weighted by Crippen LogP contribution is -2.19. The van der Waals surface area contributed by atoms with E-state index in [-0.39, 0.29) is 71.0 Å². The van der Waals surface area contributed by atoms with Gasteiger partial charge in [-0.25, -0.2) is 9.59 Å². The zero-order valence-electron chi connectivity index (χ0n) is 32.0. The van der Waals surface area contributed by atoms with Gasteiger partial charge in [-0.3, -0.25) is 0 Å². The summed E-state index contributed by atoms with van der Waals surface area (Å²) in [5, 5.41) is 52.2. The third-order valence-corrected chi connectivity index (χ3v) is 10.2. The molecule has 0 bridgehead atoms. The zero-order chi connectivity index (χ0) is 38.9. The van der Waals surface area contributed by atoms with E-state index < -0.39 is 11.9 Å². The fraction of sp³-hybridized carbons (Fsp3) is 0.488. The van der Waals surface area contributed by atoms with Crippen LogP contribution in [0.25, 0.3) is 0 Å². The largest absolute Gasteiger partial charge is 0.507 e. The van der Waals surface area contributed by atoms with E-state index in [9.17, 15) is 30.0 Å². The van der Waals surface area contributed by atoms with Crippen molar-refractivity contribution in [3.8, 4) is 23.0 Å². The van der Waals surface area contributed by atoms with Crippen molar-refractivity contribution >= 4 is 11.9 Å². The summed E-state index contributed by atoms with van der Waals surface area (Å²) in [7, 11) is 1.30. The third kappa shape index (κ3) is 9.48. The van der Waals surface area contributed by atoms with E-state index in [1.54, 1.807) is 12.1 Å². The van der Waals surface area contributed by atoms with Gasteiger partial charge in [-0.1, -0.05) is 74.3 Å². The van der Waals surface area contributed by atoms with Crippen molar-refractivity contribution in [2.24, 2.45) is 11.8 Å². The molecule has 9 heteroatoms. The number of aliphatic hydroxyl groups is 1. The number of carbonyl (C=O) groups is 2. The van der Waals surface area contributed by atoms with Crippen molar-refractivity contribution in [1.29, 1.82) is 0 Å². The minimum atomic E-state index is -0.686. The van der Waals surface area contributed by atoms with Crippen LogP contribution < -0.4 is 0 Å². The number of hydrogen-bond donors (Lipinski definition) is 5. The van der Waals surface area contributed by atoms with Crippen LogP contribution in [0.1, 0.15) is 135 Å². The van der Waals surface area contributed by atoms with E-state index in [1.807, 2.05) is 47.6 Å². The Bertz CT molecular complexity index is 1710. The number of benzene rings is 2. The molecule has 0 unspecified atom stereocenters. The molecule has 2 aliphatic rings. The van der Waals surface area contributed by atoms with Crippen LogP contribution >= 0.6 is 0 Å². The van der Waals surface area contributed by atoms with Gasteiger partial charge in [0.05, 0.1) is 13.7 Å². The lowest BCUT2D eigenvalue weighted by molar-refractivity contribution is 0.0428. The number of methoxy groups -OCH3 is 1. The van der Waals surface area contributed by atoms with Crippen LogP contribution in [-0.4, -0.2) is 57.8 Å². The molecule has 0 saturated heterocycles. The smallest absolute Gasteiger partial charge is 0.342 e. The Morgan fingerprint density at radius 1 is 0.750 bits per heavy atom. The molecule has 0 fully saturated rings. The van der Waals surface area contributed by atoms with Gasteiger partial charge in [0.25, 0.3) is 0 Å². The molecule has 2 aromatic rings. The van der Waals surface area contributed by atoms with E-state index in [4.69, 9.17) is 14.6 Å². The number of allylic oxidation sites excluding steroid dienone is 6. The molecule has 2 aliphatic carbocycles. The molecule has 0 aromatic heterocycles. The third-order valence-electron chi connectivity index (χ3n) is 10.2. The number of esters is 2. The molecule has 0 radical (unpaired) electrons. The Labute approximate surface area is 309 Å². The first kappa shape index (κ1) is 41.9. The van der Waals surface area contributed by atoms with Gasteiger partial charge in [-0.2, -0.15) is 0 Å². The number of aromatic hydroxyl groups is 4. The van der Waals surface area contributed by atoms with E-state index in [2.05, 4.69) is 19.2 Å². The Morgan fingerprint density at radius 2 is 1.15 bits per heavy atom. The van der Waals surface area contributed by atoms with Gasteiger partial charge in [0, 0.05) is 23.0 Å². The molecule has 0 spiro atoms. The second-order valence-corrected chi connectivity index (χ2v) is 14.3. The average Bonchev–Trinajstić information content (AvgIpc) is 3.07. The van der Waals surface area contributed by atoms with Crippen molar-refractivity contribution < 1.29 is 44.6 Å². The van der Waals surface area contributed by atoms with Crippen LogP contribution in [0.2, 0.25) is 0 Å². The predicted octanol–water partition coefficient (Wildman–Crippen LogP) is 9.07. The minimum Gasteiger partial charge on any atom is -0.507 e. The van der Waals surface area contributed by atoms with Crippen molar-refractivity contribution in [2.75, 3.05) is 20.3 Å². The number of aryl methyl sites for hydroxylation is 2. The summed E-state index contributed by atoms with van der Waals surface area (Å²) in [5.74, 6) is -1.93. The first-order chi connectivity index (χ1) is 24.6. The summed E-state index contributed by atoms with van der Waals surface area (Å²) in [5.41, 5.74) is 6.50. The van der Waals surface area contributed by atoms with Crippen LogP contribution in [-0.2, 0) is 22.3 Å². The molecule has 4 rings (SSSR count). The Hall–Kier alpha value is -4.50. The molecule has 0 heterocycles. The van der Waals surface area contributed by atoms with Gasteiger partial charge in [0.1, 0.15) is 40.7 Å². The van der Waals surface area contributed by atoms with Crippen LogP contribution in [0.4, 0.5) is 0 Å². The van der Waals surface area contributed by atoms with Gasteiger partial charge in [-0.05, 0) is 101 Å². The number of aliphatic hydroxyl groups excluding tert-OH is 1. The number of hydrogen-bond acceptors (Lipinski definition) is 9. The van der Waals surface area contributed by atoms with Gasteiger partial charge < -0.3 is 35.0 Å². The number of phenolic OH excluding ortho intramolecular Hbond substituents is 4. The number of rotatable bonds is 12. The molecular weight excluding hydrogens is 660 g/mol. The Morgan fingerprint density at radius 3 is 1.50 bits per heavy atom. The fourth-order valence-corrected chi connectivity index (χ4v) is 7.62. The summed E-state index contributed by atoms with van der Waals surface area (Å²) >= 11 is 0. The second kappa shape index (κ2) is 18.8. The molecule has 52 heavy (non-hydrogen) atoms. The summed E-state index contributed by atoms with van der Waals surface area (Å²) in [6.45, 7) is 19.6. The van der Waals surface area contributed by atoms with Gasteiger partial charge in [0.2, 0.25) is 0 Å². The van der Waals surface area contributed by atoms with E-state index in [0.717, 1.165) is 49.7 Å². The van der Waals surface area contributed by atoms with Gasteiger partial charge >= 0.3 is 11.9 Å². The maximum atomic E-state index is 12.5. The molecule has 0 amide bonds. The highest BCUT2D eigenvalue weighted by Crippen LogP contribution is 2.49. The summed E-state index contributed by atoms with van der Waals surface area (Å²) in [6, 6.07) is 3.15. The molecule has 2 aromatic carbocycles. The van der Waals surface area contributed by atoms with Gasteiger partial charge in [-0.15, -0.1) is 0 Å². The lowest BCUT2D eigenvalue weighted by Gasteiger charge is -2.32. The van der Waals surface area contributed by atoms with E-state index >= 15 is 0 Å². The topological polar surface area (TPSA) is 154 Å². The minimum absolute atomic E-state index is 0.0168. The van der Waals surface area contributed by atoms with Crippen LogP contribution in [0.3, 0.4) is 0 Å².